The number of benzene rings is 2. The average molecular weight is 379 g/mol. The van der Waals surface area contributed by atoms with Crippen molar-refractivity contribution < 1.29 is 14.7 Å². The molecule has 0 aliphatic carbocycles. The van der Waals surface area contributed by atoms with Gasteiger partial charge < -0.3 is 15.4 Å². The van der Waals surface area contributed by atoms with E-state index in [1.807, 2.05) is 42.5 Å². The Bertz CT molecular complexity index is 1100. The van der Waals surface area contributed by atoms with Gasteiger partial charge in [-0.15, -0.1) is 0 Å². The van der Waals surface area contributed by atoms with Gasteiger partial charge in [0.15, 0.2) is 0 Å². The third-order valence-corrected chi connectivity index (χ3v) is 4.70. The van der Waals surface area contributed by atoms with Crippen LogP contribution >= 0.6 is 11.6 Å². The Hall–Kier alpha value is -3.31. The van der Waals surface area contributed by atoms with E-state index in [0.29, 0.717) is 17.0 Å². The zero-order valence-electron chi connectivity index (χ0n) is 14.1. The summed E-state index contributed by atoms with van der Waals surface area (Å²) in [5.41, 5.74) is 4.83. The van der Waals surface area contributed by atoms with Crippen molar-refractivity contribution in [2.75, 3.05) is 5.32 Å². The number of anilines is 1. The first kappa shape index (κ1) is 17.1. The van der Waals surface area contributed by atoms with Gasteiger partial charge in [0, 0.05) is 34.0 Å². The molecule has 3 aromatic rings. The molecule has 0 bridgehead atoms. The molecule has 0 unspecified atom stereocenters. The second kappa shape index (κ2) is 6.78. The smallest absolute Gasteiger partial charge is 0.352 e. The highest BCUT2D eigenvalue weighted by molar-refractivity contribution is 6.33. The van der Waals surface area contributed by atoms with Gasteiger partial charge in [0.25, 0.3) is 5.91 Å². The normalized spacial score (nSPS) is 14.3. The summed E-state index contributed by atoms with van der Waals surface area (Å²) in [5.74, 6) is -1.19. The minimum atomic E-state index is -1.01. The van der Waals surface area contributed by atoms with E-state index in [0.717, 1.165) is 28.1 Å². The molecular weight excluding hydrogens is 364 g/mol. The van der Waals surface area contributed by atoms with Gasteiger partial charge in [0.05, 0.1) is 0 Å². The highest BCUT2D eigenvalue weighted by atomic mass is 35.5. The van der Waals surface area contributed by atoms with Crippen LogP contribution in [0.5, 0.6) is 0 Å². The van der Waals surface area contributed by atoms with Crippen LogP contribution in [0.1, 0.15) is 21.7 Å². The lowest BCUT2D eigenvalue weighted by Gasteiger charge is -2.09. The number of amides is 1. The summed E-state index contributed by atoms with van der Waals surface area (Å²) in [5, 5.41) is 12.5. The van der Waals surface area contributed by atoms with Crippen molar-refractivity contribution in [3.63, 3.8) is 0 Å². The summed E-state index contributed by atoms with van der Waals surface area (Å²) in [6, 6.07) is 16.4. The zero-order valence-corrected chi connectivity index (χ0v) is 14.9. The van der Waals surface area contributed by atoms with Gasteiger partial charge in [0.2, 0.25) is 0 Å². The molecule has 0 radical (unpaired) electrons. The zero-order chi connectivity index (χ0) is 19.0. The molecule has 134 valence electrons. The van der Waals surface area contributed by atoms with E-state index in [-0.39, 0.29) is 11.6 Å². The van der Waals surface area contributed by atoms with Crippen molar-refractivity contribution in [2.24, 2.45) is 0 Å². The predicted octanol–water partition coefficient (Wildman–Crippen LogP) is 4.61. The molecule has 0 saturated heterocycles. The fraction of sp³-hybridized carbons (Fsp3) is 0.0476. The van der Waals surface area contributed by atoms with Crippen LogP contribution < -0.4 is 5.32 Å². The number of rotatable bonds is 4. The first-order chi connectivity index (χ1) is 13.0. The van der Waals surface area contributed by atoms with Crippen LogP contribution in [0.3, 0.4) is 0 Å². The van der Waals surface area contributed by atoms with Crippen molar-refractivity contribution in [2.45, 2.75) is 6.42 Å². The van der Waals surface area contributed by atoms with Crippen molar-refractivity contribution in [1.29, 1.82) is 0 Å². The molecule has 0 fully saturated rings. The highest BCUT2D eigenvalue weighted by Gasteiger charge is 2.27. The van der Waals surface area contributed by atoms with Crippen LogP contribution in [0.4, 0.5) is 5.69 Å². The van der Waals surface area contributed by atoms with Gasteiger partial charge in [-0.25, -0.2) is 4.79 Å². The second-order valence-corrected chi connectivity index (χ2v) is 6.65. The van der Waals surface area contributed by atoms with Crippen LogP contribution in [-0.4, -0.2) is 22.0 Å². The Morgan fingerprint density at radius 3 is 2.67 bits per heavy atom. The molecule has 5 nitrogen and oxygen atoms in total. The summed E-state index contributed by atoms with van der Waals surface area (Å²) in [6.07, 6.45) is 2.23. The number of aromatic carboxylic acids is 1. The maximum atomic E-state index is 12.5. The lowest BCUT2D eigenvalue weighted by Crippen LogP contribution is -2.04. The standard InChI is InChI=1S/C21H15ClN2O3/c22-13-4-1-3-12(11-13)15-5-2-6-17-19(15)16(20(25)24-17)9-7-14-8-10-18(23-14)21(26)27/h1-6,8-11,23H,7H2,(H,24,25)(H,26,27)/b16-9-. The predicted molar refractivity (Wildman–Crippen MR) is 105 cm³/mol. The molecule has 0 spiro atoms. The number of nitrogens with one attached hydrogen (secondary N) is 2. The van der Waals surface area contributed by atoms with Crippen molar-refractivity contribution in [3.05, 3.63) is 82.6 Å². The summed E-state index contributed by atoms with van der Waals surface area (Å²) in [4.78, 5) is 26.3. The Morgan fingerprint density at radius 2 is 1.93 bits per heavy atom. The minimum Gasteiger partial charge on any atom is -0.477 e. The van der Waals surface area contributed by atoms with Crippen LogP contribution in [-0.2, 0) is 11.2 Å². The molecule has 3 N–H and O–H groups in total. The molecule has 27 heavy (non-hydrogen) atoms. The fourth-order valence-electron chi connectivity index (χ4n) is 3.24. The Morgan fingerprint density at radius 1 is 1.11 bits per heavy atom. The molecule has 2 aromatic carbocycles. The van der Waals surface area contributed by atoms with E-state index in [9.17, 15) is 9.59 Å². The minimum absolute atomic E-state index is 0.124. The van der Waals surface area contributed by atoms with Crippen molar-refractivity contribution in [1.82, 2.24) is 4.98 Å². The number of hydrogen-bond acceptors (Lipinski definition) is 2. The Balaban J connectivity index is 1.74. The topological polar surface area (TPSA) is 82.2 Å². The number of fused-ring (bicyclic) bond motifs is 1. The molecular formula is C21H15ClN2O3. The third kappa shape index (κ3) is 3.25. The molecule has 1 aliphatic heterocycles. The van der Waals surface area contributed by atoms with E-state index < -0.39 is 5.97 Å². The number of aromatic amines is 1. The van der Waals surface area contributed by atoms with Gasteiger partial charge in [-0.2, -0.15) is 0 Å². The Kier molecular flexibility index (Phi) is 4.30. The molecule has 1 aromatic heterocycles. The maximum Gasteiger partial charge on any atom is 0.352 e. The largest absolute Gasteiger partial charge is 0.477 e. The number of H-pyrrole nitrogens is 1. The van der Waals surface area contributed by atoms with Crippen LogP contribution in [0.25, 0.3) is 16.7 Å². The second-order valence-electron chi connectivity index (χ2n) is 6.22. The lowest BCUT2D eigenvalue weighted by atomic mass is 9.94. The molecule has 6 heteroatoms. The van der Waals surface area contributed by atoms with Crippen molar-refractivity contribution in [3.8, 4) is 11.1 Å². The van der Waals surface area contributed by atoms with Gasteiger partial charge in [0.1, 0.15) is 5.69 Å². The van der Waals surface area contributed by atoms with Crippen molar-refractivity contribution >= 4 is 34.7 Å². The van der Waals surface area contributed by atoms with E-state index in [4.69, 9.17) is 16.7 Å². The monoisotopic (exact) mass is 378 g/mol. The molecule has 1 aliphatic rings. The first-order valence-electron chi connectivity index (χ1n) is 8.35. The number of carbonyl (C=O) groups is 2. The number of hydrogen-bond donors (Lipinski definition) is 3. The number of carboxylic acids is 1. The van der Waals surface area contributed by atoms with E-state index in [1.165, 1.54) is 6.07 Å². The van der Waals surface area contributed by atoms with Crippen LogP contribution in [0, 0.1) is 0 Å². The van der Waals surface area contributed by atoms with Gasteiger partial charge >= 0.3 is 5.97 Å². The number of carbonyl (C=O) groups excluding carboxylic acids is 1. The van der Waals surface area contributed by atoms with E-state index in [2.05, 4.69) is 10.3 Å². The summed E-state index contributed by atoms with van der Waals surface area (Å²) < 4.78 is 0. The maximum absolute atomic E-state index is 12.5. The molecule has 0 saturated carbocycles. The molecule has 1 amide bonds. The molecule has 4 rings (SSSR count). The van der Waals surface area contributed by atoms with Gasteiger partial charge in [-0.3, -0.25) is 4.79 Å². The number of allylic oxidation sites excluding steroid dienone is 1. The molecule has 0 atom stereocenters. The van der Waals surface area contributed by atoms with Gasteiger partial charge in [-0.05, 0) is 41.5 Å². The quantitative estimate of drug-likeness (QED) is 0.580. The number of aromatic nitrogens is 1. The third-order valence-electron chi connectivity index (χ3n) is 4.47. The summed E-state index contributed by atoms with van der Waals surface area (Å²) >= 11 is 6.13. The van der Waals surface area contributed by atoms with Crippen LogP contribution in [0.15, 0.2) is 60.7 Å². The lowest BCUT2D eigenvalue weighted by molar-refractivity contribution is -0.110. The number of carboxylic acid groups (broad SMARTS) is 1. The number of halogens is 1. The van der Waals surface area contributed by atoms with Crippen LogP contribution in [0.2, 0.25) is 5.02 Å². The van der Waals surface area contributed by atoms with Gasteiger partial charge in [-0.1, -0.05) is 41.9 Å². The first-order valence-corrected chi connectivity index (χ1v) is 8.73. The molecule has 2 heterocycles. The SMILES string of the molecule is O=C1Nc2cccc(-c3cccc(Cl)c3)c2/C1=C/Cc1ccc(C(=O)O)[nH]1. The van der Waals surface area contributed by atoms with E-state index in [1.54, 1.807) is 12.1 Å². The highest BCUT2D eigenvalue weighted by Crippen LogP contribution is 2.40. The summed E-state index contributed by atoms with van der Waals surface area (Å²) in [7, 11) is 0. The fourth-order valence-corrected chi connectivity index (χ4v) is 3.43. The Labute approximate surface area is 160 Å². The average Bonchev–Trinajstić information content (AvgIpc) is 3.23. The van der Waals surface area contributed by atoms with E-state index >= 15 is 0 Å². The summed E-state index contributed by atoms with van der Waals surface area (Å²) in [6.45, 7) is 0.